The third-order valence-corrected chi connectivity index (χ3v) is 2.42. The molecule has 1 rings (SSSR count). The summed E-state index contributed by atoms with van der Waals surface area (Å²) < 4.78 is 0. The van der Waals surface area contributed by atoms with E-state index < -0.39 is 0 Å². The average molecular weight is 207 g/mol. The van der Waals surface area contributed by atoms with E-state index >= 15 is 0 Å². The fourth-order valence-corrected chi connectivity index (χ4v) is 1.53. The van der Waals surface area contributed by atoms with Gasteiger partial charge in [-0.1, -0.05) is 37.3 Å². The van der Waals surface area contributed by atoms with Crippen molar-refractivity contribution in [2.75, 3.05) is 6.54 Å². The quantitative estimate of drug-likeness (QED) is 0.420. The number of carbonyl (C=O) groups excluding carboxylic acids is 1. The molecular weight excluding hydrogens is 194 g/mol. The van der Waals surface area contributed by atoms with Gasteiger partial charge < -0.3 is 4.79 Å². The topological polar surface area (TPSA) is 60.2 Å². The molecule has 4 heteroatoms. The minimum Gasteiger partial charge on any atom is -0.303 e. The van der Waals surface area contributed by atoms with Crippen molar-refractivity contribution < 1.29 is 9.72 Å². The third-order valence-electron chi connectivity index (χ3n) is 2.42. The summed E-state index contributed by atoms with van der Waals surface area (Å²) in [5.41, 5.74) is 0.841. The van der Waals surface area contributed by atoms with Crippen molar-refractivity contribution in [2.45, 2.75) is 12.8 Å². The first-order valence-corrected chi connectivity index (χ1v) is 4.77. The van der Waals surface area contributed by atoms with Crippen molar-refractivity contribution in [3.63, 3.8) is 0 Å². The van der Waals surface area contributed by atoms with Gasteiger partial charge in [-0.3, -0.25) is 10.1 Å². The van der Waals surface area contributed by atoms with Gasteiger partial charge >= 0.3 is 0 Å². The first-order valence-electron chi connectivity index (χ1n) is 4.77. The number of benzene rings is 1. The monoisotopic (exact) mass is 207 g/mol. The highest BCUT2D eigenvalue weighted by molar-refractivity contribution is 5.55. The summed E-state index contributed by atoms with van der Waals surface area (Å²) in [6.07, 6.45) is 0.765. The standard InChI is InChI=1S/C11H13NO3/c1-9(8-13)11(7-12(14)15)10-5-3-2-4-6-10/h2-6,8-9,11H,7H2,1H3/t9-,11+/m0/s1. The molecular formula is C11H13NO3. The van der Waals surface area contributed by atoms with E-state index in [0.29, 0.717) is 0 Å². The minimum atomic E-state index is -0.377. The SMILES string of the molecule is C[C@@H](C=O)[C@@H](C[N+](=O)[O-])c1ccccc1. The van der Waals surface area contributed by atoms with Gasteiger partial charge in [-0.2, -0.15) is 0 Å². The molecule has 80 valence electrons. The Morgan fingerprint density at radius 1 is 1.40 bits per heavy atom. The zero-order valence-corrected chi connectivity index (χ0v) is 8.50. The van der Waals surface area contributed by atoms with Gasteiger partial charge in [-0.05, 0) is 5.56 Å². The lowest BCUT2D eigenvalue weighted by Gasteiger charge is -2.15. The van der Waals surface area contributed by atoms with Crippen LogP contribution in [-0.2, 0) is 4.79 Å². The van der Waals surface area contributed by atoms with Crippen LogP contribution in [0, 0.1) is 16.0 Å². The molecule has 0 aliphatic carbocycles. The summed E-state index contributed by atoms with van der Waals surface area (Å²) in [6, 6.07) is 9.11. The molecule has 0 aliphatic heterocycles. The van der Waals surface area contributed by atoms with Gasteiger partial charge in [0.25, 0.3) is 0 Å². The van der Waals surface area contributed by atoms with Crippen LogP contribution in [0.3, 0.4) is 0 Å². The van der Waals surface area contributed by atoms with Gasteiger partial charge in [0.2, 0.25) is 6.54 Å². The largest absolute Gasteiger partial charge is 0.303 e. The molecule has 0 radical (unpaired) electrons. The average Bonchev–Trinajstić information content (AvgIpc) is 2.26. The van der Waals surface area contributed by atoms with E-state index in [1.807, 2.05) is 30.3 Å². The van der Waals surface area contributed by atoms with Gasteiger partial charge in [-0.25, -0.2) is 0 Å². The molecule has 1 aromatic carbocycles. The lowest BCUT2D eigenvalue weighted by Crippen LogP contribution is -2.20. The Balaban J connectivity index is 2.90. The van der Waals surface area contributed by atoms with Crippen LogP contribution in [0.2, 0.25) is 0 Å². The van der Waals surface area contributed by atoms with Crippen molar-refractivity contribution in [1.29, 1.82) is 0 Å². The van der Waals surface area contributed by atoms with Crippen LogP contribution in [0.4, 0.5) is 0 Å². The zero-order chi connectivity index (χ0) is 11.3. The molecule has 0 fully saturated rings. The van der Waals surface area contributed by atoms with Crippen molar-refractivity contribution in [3.8, 4) is 0 Å². The van der Waals surface area contributed by atoms with Crippen LogP contribution in [0.1, 0.15) is 18.4 Å². The Bertz CT molecular complexity index is 337. The predicted molar refractivity (Wildman–Crippen MR) is 56.3 cm³/mol. The van der Waals surface area contributed by atoms with Crippen molar-refractivity contribution >= 4 is 6.29 Å². The maximum absolute atomic E-state index is 10.7. The maximum Gasteiger partial charge on any atom is 0.211 e. The second kappa shape index (κ2) is 5.24. The highest BCUT2D eigenvalue weighted by atomic mass is 16.6. The van der Waals surface area contributed by atoms with Crippen LogP contribution in [0.5, 0.6) is 0 Å². The summed E-state index contributed by atoms with van der Waals surface area (Å²) in [6.45, 7) is 1.50. The van der Waals surface area contributed by atoms with Gasteiger partial charge in [0.15, 0.2) is 0 Å². The number of carbonyl (C=O) groups is 1. The Labute approximate surface area is 88.1 Å². The van der Waals surface area contributed by atoms with E-state index in [0.717, 1.165) is 11.8 Å². The lowest BCUT2D eigenvalue weighted by molar-refractivity contribution is -0.484. The summed E-state index contributed by atoms with van der Waals surface area (Å²) in [7, 11) is 0. The van der Waals surface area contributed by atoms with Gasteiger partial charge in [0.1, 0.15) is 6.29 Å². The Morgan fingerprint density at radius 2 is 2.00 bits per heavy atom. The van der Waals surface area contributed by atoms with Crippen LogP contribution >= 0.6 is 0 Å². The molecule has 0 amide bonds. The molecule has 0 saturated heterocycles. The normalized spacial score (nSPS) is 14.2. The fraction of sp³-hybridized carbons (Fsp3) is 0.364. The first kappa shape index (κ1) is 11.4. The fourth-order valence-electron chi connectivity index (χ4n) is 1.53. The minimum absolute atomic E-state index is 0.204. The molecule has 4 nitrogen and oxygen atoms in total. The second-order valence-electron chi connectivity index (χ2n) is 3.53. The van der Waals surface area contributed by atoms with Gasteiger partial charge in [-0.15, -0.1) is 0 Å². The molecule has 0 aliphatic rings. The first-order chi connectivity index (χ1) is 7.15. The highest BCUT2D eigenvalue weighted by Gasteiger charge is 2.23. The third kappa shape index (κ3) is 3.16. The molecule has 0 bridgehead atoms. The Morgan fingerprint density at radius 3 is 2.47 bits per heavy atom. The Kier molecular flexibility index (Phi) is 3.97. The number of hydrogen-bond acceptors (Lipinski definition) is 3. The molecule has 0 aromatic heterocycles. The second-order valence-corrected chi connectivity index (χ2v) is 3.53. The molecule has 0 saturated carbocycles. The van der Waals surface area contributed by atoms with Crippen molar-refractivity contribution in [2.24, 2.45) is 5.92 Å². The van der Waals surface area contributed by atoms with Crippen molar-refractivity contribution in [1.82, 2.24) is 0 Å². The zero-order valence-electron chi connectivity index (χ0n) is 8.50. The molecule has 1 aromatic rings. The molecule has 15 heavy (non-hydrogen) atoms. The van der Waals surface area contributed by atoms with E-state index in [1.165, 1.54) is 0 Å². The number of aldehydes is 1. The van der Waals surface area contributed by atoms with Crippen LogP contribution < -0.4 is 0 Å². The van der Waals surface area contributed by atoms with E-state index in [-0.39, 0.29) is 23.3 Å². The highest BCUT2D eigenvalue weighted by Crippen LogP contribution is 2.23. The summed E-state index contributed by atoms with van der Waals surface area (Å²) in [5, 5.41) is 10.5. The predicted octanol–water partition coefficient (Wildman–Crippen LogP) is 1.88. The maximum atomic E-state index is 10.7. The van der Waals surface area contributed by atoms with E-state index in [4.69, 9.17) is 0 Å². The number of hydrogen-bond donors (Lipinski definition) is 0. The van der Waals surface area contributed by atoms with Crippen LogP contribution in [0.15, 0.2) is 30.3 Å². The van der Waals surface area contributed by atoms with Crippen LogP contribution in [0.25, 0.3) is 0 Å². The number of nitro groups is 1. The number of rotatable bonds is 5. The molecule has 0 unspecified atom stereocenters. The van der Waals surface area contributed by atoms with Gasteiger partial charge in [0, 0.05) is 10.8 Å². The Hall–Kier alpha value is -1.71. The van der Waals surface area contributed by atoms with Gasteiger partial charge in [0.05, 0.1) is 5.92 Å². The molecule has 0 N–H and O–H groups in total. The number of nitrogens with zero attached hydrogens (tertiary/aromatic N) is 1. The molecule has 2 atom stereocenters. The van der Waals surface area contributed by atoms with Crippen LogP contribution in [-0.4, -0.2) is 17.8 Å². The van der Waals surface area contributed by atoms with Crippen molar-refractivity contribution in [3.05, 3.63) is 46.0 Å². The van der Waals surface area contributed by atoms with E-state index in [9.17, 15) is 14.9 Å². The lowest BCUT2D eigenvalue weighted by atomic mass is 9.88. The molecule has 0 heterocycles. The van der Waals surface area contributed by atoms with E-state index in [1.54, 1.807) is 6.92 Å². The van der Waals surface area contributed by atoms with E-state index in [2.05, 4.69) is 0 Å². The summed E-state index contributed by atoms with van der Waals surface area (Å²) >= 11 is 0. The summed E-state index contributed by atoms with van der Waals surface area (Å²) in [5.74, 6) is -0.670. The summed E-state index contributed by atoms with van der Waals surface area (Å²) in [4.78, 5) is 20.8. The molecule has 0 spiro atoms. The smallest absolute Gasteiger partial charge is 0.211 e.